The van der Waals surface area contributed by atoms with Crippen LogP contribution < -0.4 is 5.56 Å². The van der Waals surface area contributed by atoms with Crippen LogP contribution in [0.1, 0.15) is 0 Å². The lowest BCUT2D eigenvalue weighted by Crippen LogP contribution is -2.09. The fraction of sp³-hybridized carbons (Fsp3) is 0. The molecule has 0 aliphatic rings. The molecular weight excluding hydrogens is 294 g/mol. The molecule has 0 aliphatic carbocycles. The van der Waals surface area contributed by atoms with Gasteiger partial charge in [-0.05, 0) is 12.1 Å². The van der Waals surface area contributed by atoms with Crippen molar-refractivity contribution in [3.8, 4) is 11.4 Å². The van der Waals surface area contributed by atoms with E-state index >= 15 is 0 Å². The SMILES string of the molecule is O=c1[nH]c(-c2cc(F)c(Cl)cc2F)nc2cscc12. The summed E-state index contributed by atoms with van der Waals surface area (Å²) in [7, 11) is 0. The summed E-state index contributed by atoms with van der Waals surface area (Å²) >= 11 is 6.79. The lowest BCUT2D eigenvalue weighted by atomic mass is 10.2. The van der Waals surface area contributed by atoms with E-state index in [0.717, 1.165) is 12.1 Å². The molecule has 0 saturated carbocycles. The van der Waals surface area contributed by atoms with E-state index in [4.69, 9.17) is 11.6 Å². The van der Waals surface area contributed by atoms with Crippen molar-refractivity contribution in [2.45, 2.75) is 0 Å². The topological polar surface area (TPSA) is 45.8 Å². The fourth-order valence-electron chi connectivity index (χ4n) is 1.70. The maximum absolute atomic E-state index is 13.8. The normalized spacial score (nSPS) is 11.1. The summed E-state index contributed by atoms with van der Waals surface area (Å²) in [6.07, 6.45) is 0. The van der Waals surface area contributed by atoms with Gasteiger partial charge in [0.15, 0.2) is 0 Å². The second kappa shape index (κ2) is 4.40. The molecule has 0 unspecified atom stereocenters. The molecule has 0 fully saturated rings. The van der Waals surface area contributed by atoms with E-state index in [2.05, 4.69) is 9.97 Å². The summed E-state index contributed by atoms with van der Waals surface area (Å²) in [5, 5.41) is 3.41. The van der Waals surface area contributed by atoms with E-state index in [1.165, 1.54) is 11.3 Å². The average Bonchev–Trinajstić information content (AvgIpc) is 2.82. The van der Waals surface area contributed by atoms with Crippen molar-refractivity contribution in [3.05, 3.63) is 49.9 Å². The maximum atomic E-state index is 13.8. The van der Waals surface area contributed by atoms with Crippen molar-refractivity contribution in [1.29, 1.82) is 0 Å². The minimum atomic E-state index is -0.772. The molecule has 19 heavy (non-hydrogen) atoms. The number of nitrogens with zero attached hydrogens (tertiary/aromatic N) is 1. The van der Waals surface area contributed by atoms with Gasteiger partial charge in [-0.3, -0.25) is 4.79 Å². The fourth-order valence-corrected chi connectivity index (χ4v) is 2.59. The molecule has 3 aromatic rings. The third kappa shape index (κ3) is 2.02. The number of halogens is 3. The van der Waals surface area contributed by atoms with Gasteiger partial charge in [0.25, 0.3) is 5.56 Å². The number of aromatic nitrogens is 2. The third-order valence-electron chi connectivity index (χ3n) is 2.62. The molecule has 3 rings (SSSR count). The van der Waals surface area contributed by atoms with Crippen molar-refractivity contribution in [1.82, 2.24) is 9.97 Å². The van der Waals surface area contributed by atoms with Gasteiger partial charge in [-0.25, -0.2) is 13.8 Å². The molecule has 0 amide bonds. The first-order chi connectivity index (χ1) is 9.06. The van der Waals surface area contributed by atoms with Gasteiger partial charge in [-0.1, -0.05) is 11.6 Å². The number of hydrogen-bond acceptors (Lipinski definition) is 3. The van der Waals surface area contributed by atoms with E-state index in [-0.39, 0.29) is 16.4 Å². The molecular formula is C12H5ClF2N2OS. The molecule has 0 radical (unpaired) electrons. The highest BCUT2D eigenvalue weighted by Crippen LogP contribution is 2.26. The predicted molar refractivity (Wildman–Crippen MR) is 70.6 cm³/mol. The van der Waals surface area contributed by atoms with Crippen LogP contribution in [0.25, 0.3) is 22.3 Å². The molecule has 1 N–H and O–H groups in total. The van der Waals surface area contributed by atoms with Crippen molar-refractivity contribution in [2.75, 3.05) is 0 Å². The number of hydrogen-bond donors (Lipinski definition) is 1. The molecule has 7 heteroatoms. The van der Waals surface area contributed by atoms with Crippen molar-refractivity contribution >= 4 is 33.8 Å². The molecule has 0 bridgehead atoms. The summed E-state index contributed by atoms with van der Waals surface area (Å²) in [6, 6.07) is 1.76. The number of thiophene rings is 1. The zero-order chi connectivity index (χ0) is 13.6. The summed E-state index contributed by atoms with van der Waals surface area (Å²) in [4.78, 5) is 18.3. The highest BCUT2D eigenvalue weighted by atomic mass is 35.5. The number of fused-ring (bicyclic) bond motifs is 1. The van der Waals surface area contributed by atoms with Gasteiger partial charge >= 0.3 is 0 Å². The van der Waals surface area contributed by atoms with Gasteiger partial charge < -0.3 is 4.98 Å². The average molecular weight is 299 g/mol. The number of nitrogens with one attached hydrogen (secondary N) is 1. The first kappa shape index (κ1) is 12.3. The van der Waals surface area contributed by atoms with Crippen LogP contribution in [-0.2, 0) is 0 Å². The Morgan fingerprint density at radius 3 is 2.79 bits per heavy atom. The Balaban J connectivity index is 2.30. The zero-order valence-electron chi connectivity index (χ0n) is 9.21. The van der Waals surface area contributed by atoms with Crippen LogP contribution in [0.15, 0.2) is 27.7 Å². The quantitative estimate of drug-likeness (QED) is 0.698. The molecule has 1 aromatic carbocycles. The molecule has 0 spiro atoms. The van der Waals surface area contributed by atoms with Crippen LogP contribution in [0, 0.1) is 11.6 Å². The summed E-state index contributed by atoms with van der Waals surface area (Å²) in [5.41, 5.74) is -0.0818. The first-order valence-corrected chi connectivity index (χ1v) is 6.49. The van der Waals surface area contributed by atoms with Crippen LogP contribution in [0.2, 0.25) is 5.02 Å². The Hall–Kier alpha value is -1.79. The minimum absolute atomic E-state index is 0.0241. The Kier molecular flexibility index (Phi) is 2.83. The van der Waals surface area contributed by atoms with Crippen molar-refractivity contribution < 1.29 is 8.78 Å². The van der Waals surface area contributed by atoms with Crippen LogP contribution in [0.5, 0.6) is 0 Å². The number of benzene rings is 1. The maximum Gasteiger partial charge on any atom is 0.259 e. The smallest absolute Gasteiger partial charge is 0.259 e. The van der Waals surface area contributed by atoms with E-state index in [9.17, 15) is 13.6 Å². The van der Waals surface area contributed by atoms with Gasteiger partial charge in [0.05, 0.1) is 21.5 Å². The summed E-state index contributed by atoms with van der Waals surface area (Å²) in [5.74, 6) is -1.54. The monoisotopic (exact) mass is 298 g/mol. The summed E-state index contributed by atoms with van der Waals surface area (Å²) in [6.45, 7) is 0. The molecule has 0 saturated heterocycles. The largest absolute Gasteiger partial charge is 0.306 e. The second-order valence-electron chi connectivity index (χ2n) is 3.83. The van der Waals surface area contributed by atoms with Crippen molar-refractivity contribution in [2.24, 2.45) is 0 Å². The minimum Gasteiger partial charge on any atom is -0.306 e. The lowest BCUT2D eigenvalue weighted by molar-refractivity contribution is 0.602. The highest BCUT2D eigenvalue weighted by Gasteiger charge is 2.14. The first-order valence-electron chi connectivity index (χ1n) is 5.17. The highest BCUT2D eigenvalue weighted by molar-refractivity contribution is 7.09. The van der Waals surface area contributed by atoms with Crippen LogP contribution in [-0.4, -0.2) is 9.97 Å². The molecule has 2 aromatic heterocycles. The standard InChI is InChI=1S/C12H5ClF2N2OS/c13-7-2-8(14)5(1-9(7)15)11-16-10-4-19-3-6(10)12(18)17-11/h1-4H,(H,16,17,18). The molecule has 0 atom stereocenters. The van der Waals surface area contributed by atoms with E-state index < -0.39 is 17.2 Å². The lowest BCUT2D eigenvalue weighted by Gasteiger charge is -2.04. The Morgan fingerprint density at radius 2 is 2.00 bits per heavy atom. The van der Waals surface area contributed by atoms with Crippen molar-refractivity contribution in [3.63, 3.8) is 0 Å². The Morgan fingerprint density at radius 1 is 1.21 bits per heavy atom. The van der Waals surface area contributed by atoms with Crippen LogP contribution in [0.4, 0.5) is 8.78 Å². The van der Waals surface area contributed by atoms with Crippen LogP contribution >= 0.6 is 22.9 Å². The number of H-pyrrole nitrogens is 1. The molecule has 96 valence electrons. The predicted octanol–water partition coefficient (Wildman–Crippen LogP) is 3.58. The van der Waals surface area contributed by atoms with Gasteiger partial charge in [-0.2, -0.15) is 0 Å². The van der Waals surface area contributed by atoms with Gasteiger partial charge in [-0.15, -0.1) is 11.3 Å². The molecule has 3 nitrogen and oxygen atoms in total. The molecule has 2 heterocycles. The molecule has 0 aliphatic heterocycles. The van der Waals surface area contributed by atoms with E-state index in [0.29, 0.717) is 10.9 Å². The van der Waals surface area contributed by atoms with E-state index in [1.807, 2.05) is 0 Å². The van der Waals surface area contributed by atoms with Crippen LogP contribution in [0.3, 0.4) is 0 Å². The van der Waals surface area contributed by atoms with Gasteiger partial charge in [0.2, 0.25) is 0 Å². The second-order valence-corrected chi connectivity index (χ2v) is 4.98. The van der Waals surface area contributed by atoms with Gasteiger partial charge in [0, 0.05) is 10.8 Å². The number of aromatic amines is 1. The third-order valence-corrected chi connectivity index (χ3v) is 3.64. The number of rotatable bonds is 1. The van der Waals surface area contributed by atoms with E-state index in [1.54, 1.807) is 10.8 Å². The Bertz CT molecular complexity index is 843. The Labute approximate surface area is 114 Å². The van der Waals surface area contributed by atoms with Gasteiger partial charge in [0.1, 0.15) is 17.5 Å². The summed E-state index contributed by atoms with van der Waals surface area (Å²) < 4.78 is 27.1. The zero-order valence-corrected chi connectivity index (χ0v) is 10.8.